The van der Waals surface area contributed by atoms with E-state index in [9.17, 15) is 9.90 Å². The second kappa shape index (κ2) is 12.9. The van der Waals surface area contributed by atoms with E-state index in [1.807, 2.05) is 54.6 Å². The number of aliphatic hydroxyl groups excluding tert-OH is 2. The molecule has 0 aliphatic carbocycles. The Kier molecular flexibility index (Phi) is 9.90. The fourth-order valence-electron chi connectivity index (χ4n) is 2.80. The van der Waals surface area contributed by atoms with Gasteiger partial charge >= 0.3 is 5.97 Å². The minimum Gasteiger partial charge on any atom is -0.489 e. The molecule has 3 aromatic rings. The fraction of sp³-hybridized carbons (Fsp3) is 0.200. The van der Waals surface area contributed by atoms with Crippen molar-refractivity contribution in [2.75, 3.05) is 13.7 Å². The molecule has 0 saturated heterocycles. The van der Waals surface area contributed by atoms with Gasteiger partial charge in [-0.1, -0.05) is 54.6 Å². The molecule has 0 aromatic heterocycles. The van der Waals surface area contributed by atoms with Gasteiger partial charge in [-0.25, -0.2) is 0 Å². The highest BCUT2D eigenvalue weighted by atomic mass is 16.5. The Hall–Kier alpha value is -3.68. The maximum absolute atomic E-state index is 10.7. The Labute approximate surface area is 187 Å². The number of hydrogen-bond acceptors (Lipinski definition) is 6. The highest BCUT2D eigenvalue weighted by molar-refractivity contribution is 5.99. The number of nitrogens with one attached hydrogen (secondary N) is 1. The lowest BCUT2D eigenvalue weighted by atomic mass is 10.1. The van der Waals surface area contributed by atoms with Crippen molar-refractivity contribution in [3.8, 4) is 11.5 Å². The molecule has 32 heavy (non-hydrogen) atoms. The molecule has 3 aromatic carbocycles. The fourth-order valence-corrected chi connectivity index (χ4v) is 2.80. The van der Waals surface area contributed by atoms with Crippen LogP contribution in [0.15, 0.2) is 78.9 Å². The Morgan fingerprint density at radius 3 is 2.03 bits per heavy atom. The van der Waals surface area contributed by atoms with E-state index in [1.54, 1.807) is 24.3 Å². The average Bonchev–Trinajstić information content (AvgIpc) is 2.83. The molecular formula is C25H27NO6. The lowest BCUT2D eigenvalue weighted by molar-refractivity contribution is -0.139. The summed E-state index contributed by atoms with van der Waals surface area (Å²) in [6.45, 7) is 0.553. The van der Waals surface area contributed by atoms with Crippen LogP contribution in [0.2, 0.25) is 0 Å². The van der Waals surface area contributed by atoms with Gasteiger partial charge in [-0.2, -0.15) is 0 Å². The third-order valence-corrected chi connectivity index (χ3v) is 4.47. The van der Waals surface area contributed by atoms with Crippen molar-refractivity contribution in [2.45, 2.75) is 19.1 Å². The van der Waals surface area contributed by atoms with Crippen LogP contribution in [0.4, 0.5) is 0 Å². The molecule has 4 N–H and O–H groups in total. The minimum absolute atomic E-state index is 0.194. The zero-order valence-corrected chi connectivity index (χ0v) is 17.8. The van der Waals surface area contributed by atoms with Gasteiger partial charge in [0.15, 0.2) is 0 Å². The summed E-state index contributed by atoms with van der Waals surface area (Å²) in [5.74, 6) is 0.251. The van der Waals surface area contributed by atoms with Crippen LogP contribution in [0.25, 0.3) is 0 Å². The van der Waals surface area contributed by atoms with Gasteiger partial charge in [-0.05, 0) is 41.0 Å². The summed E-state index contributed by atoms with van der Waals surface area (Å²) in [4.78, 5) is 10.7. The topological polar surface area (TPSA) is 120 Å². The molecule has 0 amide bonds. The molecule has 0 aliphatic rings. The number of carbonyl (C=O) groups is 1. The predicted molar refractivity (Wildman–Crippen MR) is 121 cm³/mol. The average molecular weight is 437 g/mol. The maximum atomic E-state index is 10.7. The summed E-state index contributed by atoms with van der Waals surface area (Å²) < 4.78 is 11.4. The summed E-state index contributed by atoms with van der Waals surface area (Å²) in [5.41, 5.74) is 2.74. The molecule has 3 rings (SSSR count). The first kappa shape index (κ1) is 24.6. The molecule has 7 nitrogen and oxygen atoms in total. The van der Waals surface area contributed by atoms with Gasteiger partial charge in [0.05, 0.1) is 18.2 Å². The lowest BCUT2D eigenvalue weighted by Crippen LogP contribution is -2.11. The van der Waals surface area contributed by atoms with E-state index in [4.69, 9.17) is 25.1 Å². The first-order valence-electron chi connectivity index (χ1n) is 9.93. The maximum Gasteiger partial charge on any atom is 0.306 e. The number of aliphatic hydroxyl groups is 2. The first-order chi connectivity index (χ1) is 15.5. The molecule has 0 saturated carbocycles. The van der Waals surface area contributed by atoms with E-state index in [2.05, 4.69) is 0 Å². The molecule has 0 heterocycles. The lowest BCUT2D eigenvalue weighted by Gasteiger charge is -2.11. The quantitative estimate of drug-likeness (QED) is 0.358. The van der Waals surface area contributed by atoms with E-state index in [0.29, 0.717) is 29.4 Å². The molecule has 0 aliphatic heterocycles. The van der Waals surface area contributed by atoms with Gasteiger partial charge in [0.2, 0.25) is 0 Å². The van der Waals surface area contributed by atoms with Crippen molar-refractivity contribution < 1.29 is 29.6 Å². The van der Waals surface area contributed by atoms with Crippen LogP contribution in [0.5, 0.6) is 11.5 Å². The molecule has 168 valence electrons. The Bertz CT molecular complexity index is 972. The van der Waals surface area contributed by atoms with Gasteiger partial charge in [-0.15, -0.1) is 0 Å². The number of ether oxygens (including phenoxy) is 2. The Morgan fingerprint density at radius 1 is 0.875 bits per heavy atom. The van der Waals surface area contributed by atoms with Crippen LogP contribution in [0.1, 0.15) is 29.2 Å². The second-order valence-electron chi connectivity index (χ2n) is 6.75. The van der Waals surface area contributed by atoms with Crippen molar-refractivity contribution in [3.05, 3.63) is 95.6 Å². The van der Waals surface area contributed by atoms with Crippen molar-refractivity contribution in [1.82, 2.24) is 0 Å². The molecule has 0 bridgehead atoms. The standard InChI is InChI=1S/C24H23NO5.CH4O/c25-22(18-4-2-1-3-5-18)16-30-20-10-6-17(7-11-20)15-29-21-12-8-19(9-13-21)23(26)14-24(27)28;1-2/h1-13,23,25-26H,14-16H2,(H,27,28);2H,1H3. The van der Waals surface area contributed by atoms with Crippen LogP contribution in [-0.4, -0.2) is 40.7 Å². The minimum atomic E-state index is -1.05. The molecule has 1 unspecified atom stereocenters. The normalized spacial score (nSPS) is 11.0. The van der Waals surface area contributed by atoms with Crippen molar-refractivity contribution >= 4 is 11.7 Å². The Balaban J connectivity index is 0.00000176. The Morgan fingerprint density at radius 2 is 1.44 bits per heavy atom. The van der Waals surface area contributed by atoms with Gasteiger partial charge < -0.3 is 30.2 Å². The summed E-state index contributed by atoms with van der Waals surface area (Å²) in [7, 11) is 1.00. The van der Waals surface area contributed by atoms with Gasteiger partial charge in [0.25, 0.3) is 0 Å². The summed E-state index contributed by atoms with van der Waals surface area (Å²) in [6.07, 6.45) is -1.37. The second-order valence-corrected chi connectivity index (χ2v) is 6.75. The summed E-state index contributed by atoms with van der Waals surface area (Å²) in [5, 5.41) is 33.6. The van der Waals surface area contributed by atoms with Crippen LogP contribution in [-0.2, 0) is 11.4 Å². The highest BCUT2D eigenvalue weighted by Gasteiger charge is 2.12. The monoisotopic (exact) mass is 437 g/mol. The smallest absolute Gasteiger partial charge is 0.306 e. The summed E-state index contributed by atoms with van der Waals surface area (Å²) in [6, 6.07) is 23.6. The third-order valence-electron chi connectivity index (χ3n) is 4.47. The number of carboxylic acid groups (broad SMARTS) is 1. The van der Waals surface area contributed by atoms with Gasteiger partial charge in [-0.3, -0.25) is 4.79 Å². The van der Waals surface area contributed by atoms with E-state index >= 15 is 0 Å². The van der Waals surface area contributed by atoms with Crippen molar-refractivity contribution in [2.24, 2.45) is 0 Å². The molecule has 7 heteroatoms. The SMILES string of the molecule is CO.N=C(COc1ccc(COc2ccc(C(O)CC(=O)O)cc2)cc1)c1ccccc1. The van der Waals surface area contributed by atoms with Crippen molar-refractivity contribution in [3.63, 3.8) is 0 Å². The van der Waals surface area contributed by atoms with Crippen molar-refractivity contribution in [1.29, 1.82) is 5.41 Å². The number of benzene rings is 3. The zero-order valence-electron chi connectivity index (χ0n) is 17.8. The van der Waals surface area contributed by atoms with E-state index in [0.717, 1.165) is 18.2 Å². The molecule has 0 spiro atoms. The number of carboxylic acids is 1. The van der Waals surface area contributed by atoms with Crippen LogP contribution in [0, 0.1) is 5.41 Å². The highest BCUT2D eigenvalue weighted by Crippen LogP contribution is 2.21. The summed E-state index contributed by atoms with van der Waals surface area (Å²) >= 11 is 0. The third kappa shape index (κ3) is 7.86. The van der Waals surface area contributed by atoms with Crippen LogP contribution >= 0.6 is 0 Å². The molecule has 0 fully saturated rings. The van der Waals surface area contributed by atoms with E-state index in [1.165, 1.54) is 0 Å². The zero-order chi connectivity index (χ0) is 23.3. The number of aliphatic carboxylic acids is 1. The molecular weight excluding hydrogens is 410 g/mol. The van der Waals surface area contributed by atoms with Crippen LogP contribution < -0.4 is 9.47 Å². The van der Waals surface area contributed by atoms with Gasteiger partial charge in [0.1, 0.15) is 24.7 Å². The predicted octanol–water partition coefficient (Wildman–Crippen LogP) is 3.83. The van der Waals surface area contributed by atoms with E-state index < -0.39 is 12.1 Å². The molecule has 0 radical (unpaired) electrons. The van der Waals surface area contributed by atoms with E-state index in [-0.39, 0.29) is 13.0 Å². The largest absolute Gasteiger partial charge is 0.489 e. The van der Waals surface area contributed by atoms with Gasteiger partial charge in [0, 0.05) is 7.11 Å². The van der Waals surface area contributed by atoms with Crippen LogP contribution in [0.3, 0.4) is 0 Å². The number of rotatable bonds is 10. The molecule has 1 atom stereocenters. The first-order valence-corrected chi connectivity index (χ1v) is 9.93. The number of hydrogen-bond donors (Lipinski definition) is 4.